The Balaban J connectivity index is 1.84. The smallest absolute Gasteiger partial charge is 0.273 e. The third-order valence-corrected chi connectivity index (χ3v) is 5.04. The molecule has 4 rings (SSSR count). The molecule has 0 saturated heterocycles. The quantitative estimate of drug-likeness (QED) is 0.527. The molecule has 0 aliphatic carbocycles. The van der Waals surface area contributed by atoms with Crippen LogP contribution in [0.4, 0.5) is 5.82 Å². The number of pyridine rings is 1. The normalized spacial score (nSPS) is 11.3. The molecular weight excluding hydrogens is 374 g/mol. The van der Waals surface area contributed by atoms with Crippen LogP contribution in [0, 0.1) is 20.8 Å². The lowest BCUT2D eigenvalue weighted by Gasteiger charge is -2.05. The Morgan fingerprint density at radius 2 is 1.73 bits per heavy atom. The molecule has 0 atom stereocenters. The zero-order valence-electron chi connectivity index (χ0n) is 17.2. The number of aryl methyl sites for hydroxylation is 3. The molecule has 2 N–H and O–H groups in total. The van der Waals surface area contributed by atoms with Crippen molar-refractivity contribution in [1.82, 2.24) is 14.5 Å². The van der Waals surface area contributed by atoms with Crippen LogP contribution in [-0.2, 0) is 0 Å². The minimum Gasteiger partial charge on any atom is -0.384 e. The molecule has 0 bridgehead atoms. The van der Waals surface area contributed by atoms with Gasteiger partial charge in [-0.15, -0.1) is 0 Å². The van der Waals surface area contributed by atoms with Crippen molar-refractivity contribution in [3.63, 3.8) is 0 Å². The lowest BCUT2D eigenvalue weighted by molar-refractivity contribution is 0.843. The van der Waals surface area contributed by atoms with Crippen molar-refractivity contribution in [1.29, 1.82) is 0 Å². The van der Waals surface area contributed by atoms with E-state index in [0.29, 0.717) is 5.82 Å². The average molecular weight is 397 g/mol. The van der Waals surface area contributed by atoms with E-state index in [4.69, 9.17) is 10.8 Å². The van der Waals surface area contributed by atoms with Crippen LogP contribution in [0.1, 0.15) is 22.3 Å². The predicted octanol–water partition coefficient (Wildman–Crippen LogP) is 4.09. The maximum absolute atomic E-state index is 12.3. The number of anilines is 1. The lowest BCUT2D eigenvalue weighted by Crippen LogP contribution is -2.19. The highest BCUT2D eigenvalue weighted by Gasteiger charge is 2.12. The lowest BCUT2D eigenvalue weighted by atomic mass is 10.0. The summed E-state index contributed by atoms with van der Waals surface area (Å²) in [4.78, 5) is 12.3. The first-order chi connectivity index (χ1) is 14.4. The van der Waals surface area contributed by atoms with Crippen LogP contribution >= 0.6 is 0 Å². The van der Waals surface area contributed by atoms with Crippen LogP contribution < -0.4 is 11.3 Å². The first-order valence-electron chi connectivity index (χ1n) is 9.68. The first-order valence-corrected chi connectivity index (χ1v) is 9.68. The monoisotopic (exact) mass is 397 g/mol. The van der Waals surface area contributed by atoms with E-state index < -0.39 is 0 Å². The van der Waals surface area contributed by atoms with E-state index in [9.17, 15) is 4.79 Å². The molecule has 6 nitrogen and oxygen atoms in total. The van der Waals surface area contributed by atoms with Crippen LogP contribution in [0.25, 0.3) is 16.9 Å². The van der Waals surface area contributed by atoms with Gasteiger partial charge in [-0.05, 0) is 61.7 Å². The summed E-state index contributed by atoms with van der Waals surface area (Å²) in [5, 5.41) is 9.15. The fourth-order valence-corrected chi connectivity index (χ4v) is 3.27. The minimum absolute atomic E-state index is 0.271. The van der Waals surface area contributed by atoms with Crippen molar-refractivity contribution in [2.45, 2.75) is 20.8 Å². The molecule has 2 heterocycles. The first kappa shape index (κ1) is 19.4. The highest BCUT2D eigenvalue weighted by Crippen LogP contribution is 2.25. The molecule has 30 heavy (non-hydrogen) atoms. The molecule has 0 spiro atoms. The highest BCUT2D eigenvalue weighted by molar-refractivity contribution is 5.89. The Labute approximate surface area is 174 Å². The SMILES string of the molecule is Cc1cc(N)n(/N=C\c2cn(-c3ccccc3)nc2-c2ccc(C)c(C)c2)c(=O)c1. The zero-order chi connectivity index (χ0) is 21.3. The van der Waals surface area contributed by atoms with Gasteiger partial charge >= 0.3 is 0 Å². The van der Waals surface area contributed by atoms with E-state index >= 15 is 0 Å². The molecular formula is C24H23N5O. The third-order valence-electron chi connectivity index (χ3n) is 5.04. The maximum Gasteiger partial charge on any atom is 0.273 e. The second-order valence-electron chi connectivity index (χ2n) is 7.36. The molecule has 6 heteroatoms. The average Bonchev–Trinajstić information content (AvgIpc) is 3.14. The van der Waals surface area contributed by atoms with Gasteiger partial charge in [0, 0.05) is 23.4 Å². The van der Waals surface area contributed by atoms with Gasteiger partial charge in [-0.25, -0.2) is 4.68 Å². The molecule has 0 aliphatic rings. The van der Waals surface area contributed by atoms with Crippen molar-refractivity contribution in [3.8, 4) is 16.9 Å². The number of hydrogen-bond acceptors (Lipinski definition) is 4. The summed E-state index contributed by atoms with van der Waals surface area (Å²) in [7, 11) is 0. The van der Waals surface area contributed by atoms with Crippen LogP contribution in [0.5, 0.6) is 0 Å². The molecule has 0 radical (unpaired) electrons. The largest absolute Gasteiger partial charge is 0.384 e. The van der Waals surface area contributed by atoms with Gasteiger partial charge in [-0.1, -0.05) is 30.3 Å². The summed E-state index contributed by atoms with van der Waals surface area (Å²) < 4.78 is 3.00. The number of rotatable bonds is 4. The van der Waals surface area contributed by atoms with Crippen LogP contribution in [0.15, 0.2) is 76.8 Å². The van der Waals surface area contributed by atoms with E-state index in [2.05, 4.69) is 31.1 Å². The summed E-state index contributed by atoms with van der Waals surface area (Å²) >= 11 is 0. The van der Waals surface area contributed by atoms with Crippen molar-refractivity contribution in [3.05, 3.63) is 99.5 Å². The summed E-state index contributed by atoms with van der Waals surface area (Å²) in [6, 6.07) is 19.3. The molecule has 0 amide bonds. The summed E-state index contributed by atoms with van der Waals surface area (Å²) in [6.07, 6.45) is 3.53. The van der Waals surface area contributed by atoms with E-state index in [-0.39, 0.29) is 5.56 Å². The van der Waals surface area contributed by atoms with Crippen LogP contribution in [0.3, 0.4) is 0 Å². The summed E-state index contributed by atoms with van der Waals surface area (Å²) in [5.41, 5.74) is 12.4. The number of aromatic nitrogens is 3. The van der Waals surface area contributed by atoms with Crippen molar-refractivity contribution in [2.24, 2.45) is 5.10 Å². The van der Waals surface area contributed by atoms with Gasteiger partial charge in [0.25, 0.3) is 5.56 Å². The predicted molar refractivity (Wildman–Crippen MR) is 121 cm³/mol. The molecule has 0 fully saturated rings. The Morgan fingerprint density at radius 1 is 0.967 bits per heavy atom. The second-order valence-corrected chi connectivity index (χ2v) is 7.36. The van der Waals surface area contributed by atoms with E-state index in [1.807, 2.05) is 54.2 Å². The summed E-state index contributed by atoms with van der Waals surface area (Å²) in [5.74, 6) is 0.291. The van der Waals surface area contributed by atoms with Gasteiger partial charge in [0.05, 0.1) is 11.9 Å². The standard InChI is InChI=1S/C24H23N5O/c1-16-11-22(25)29(23(30)12-16)26-14-20-15-28(21-7-5-4-6-8-21)27-24(20)19-10-9-17(2)18(3)13-19/h4-15H,25H2,1-3H3/b26-14-. The number of nitrogens with two attached hydrogens (primary N) is 1. The van der Waals surface area contributed by atoms with Crippen molar-refractivity contribution in [2.75, 3.05) is 5.73 Å². The number of para-hydroxylation sites is 1. The molecule has 2 aromatic carbocycles. The molecule has 0 saturated carbocycles. The van der Waals surface area contributed by atoms with E-state index in [1.54, 1.807) is 12.3 Å². The third kappa shape index (κ3) is 3.80. The fourth-order valence-electron chi connectivity index (χ4n) is 3.27. The van der Waals surface area contributed by atoms with Crippen LogP contribution in [-0.4, -0.2) is 20.7 Å². The topological polar surface area (TPSA) is 78.2 Å². The zero-order valence-corrected chi connectivity index (χ0v) is 17.2. The van der Waals surface area contributed by atoms with Crippen molar-refractivity contribution >= 4 is 12.0 Å². The Bertz CT molecular complexity index is 1300. The van der Waals surface area contributed by atoms with Gasteiger partial charge in [-0.3, -0.25) is 4.79 Å². The molecule has 150 valence electrons. The number of nitrogens with zero attached hydrogens (tertiary/aromatic N) is 4. The Hall–Kier alpha value is -3.93. The molecule has 4 aromatic rings. The molecule has 0 aliphatic heterocycles. The van der Waals surface area contributed by atoms with Gasteiger partial charge in [0.1, 0.15) is 11.5 Å². The maximum atomic E-state index is 12.3. The number of benzene rings is 2. The minimum atomic E-state index is -0.271. The van der Waals surface area contributed by atoms with Crippen LogP contribution in [0.2, 0.25) is 0 Å². The number of hydrogen-bond donors (Lipinski definition) is 1. The molecule has 2 aromatic heterocycles. The fraction of sp³-hybridized carbons (Fsp3) is 0.125. The van der Waals surface area contributed by atoms with Crippen molar-refractivity contribution < 1.29 is 0 Å². The molecule has 0 unspecified atom stereocenters. The Kier molecular flexibility index (Phi) is 5.06. The summed E-state index contributed by atoms with van der Waals surface area (Å²) in [6.45, 7) is 5.98. The second kappa shape index (κ2) is 7.83. The van der Waals surface area contributed by atoms with Gasteiger partial charge < -0.3 is 5.73 Å². The van der Waals surface area contributed by atoms with E-state index in [0.717, 1.165) is 28.1 Å². The van der Waals surface area contributed by atoms with Gasteiger partial charge in [0.2, 0.25) is 0 Å². The van der Waals surface area contributed by atoms with Gasteiger partial charge in [-0.2, -0.15) is 14.9 Å². The van der Waals surface area contributed by atoms with Gasteiger partial charge in [0.15, 0.2) is 0 Å². The Morgan fingerprint density at radius 3 is 2.43 bits per heavy atom. The van der Waals surface area contributed by atoms with E-state index in [1.165, 1.54) is 21.9 Å². The highest BCUT2D eigenvalue weighted by atomic mass is 16.1. The number of nitrogen functional groups attached to an aromatic ring is 1.